The molecule has 3 fully saturated rings. The summed E-state index contributed by atoms with van der Waals surface area (Å²) in [4.78, 5) is 71.6. The van der Waals surface area contributed by atoms with Gasteiger partial charge in [-0.25, -0.2) is 4.79 Å². The van der Waals surface area contributed by atoms with Crippen LogP contribution in [0.5, 0.6) is 0 Å². The highest BCUT2D eigenvalue weighted by Gasteiger charge is 2.77. The van der Waals surface area contributed by atoms with Crippen molar-refractivity contribution in [2.75, 3.05) is 16.4 Å². The summed E-state index contributed by atoms with van der Waals surface area (Å²) in [6.07, 6.45) is 0. The number of para-hydroxylation sites is 2. The highest BCUT2D eigenvalue weighted by Crippen LogP contribution is 2.68. The van der Waals surface area contributed by atoms with E-state index in [1.54, 1.807) is 81.4 Å². The Kier molecular flexibility index (Phi) is 5.02. The van der Waals surface area contributed by atoms with Crippen LogP contribution in [0.2, 0.25) is 0 Å². The molecule has 8 heteroatoms. The van der Waals surface area contributed by atoms with Crippen LogP contribution in [0.4, 0.5) is 11.4 Å². The first-order valence-corrected chi connectivity index (χ1v) is 12.5. The minimum Gasteiger partial charge on any atom is -0.463 e. The Labute approximate surface area is 213 Å². The van der Waals surface area contributed by atoms with Gasteiger partial charge in [-0.2, -0.15) is 0 Å². The van der Waals surface area contributed by atoms with Crippen molar-refractivity contribution in [3.8, 4) is 0 Å². The fraction of sp³-hybridized carbons (Fsp3) is 0.345. The molecule has 2 aromatic carbocycles. The van der Waals surface area contributed by atoms with E-state index in [9.17, 15) is 24.0 Å². The number of hydrogen-bond donors (Lipinski definition) is 0. The molecule has 37 heavy (non-hydrogen) atoms. The van der Waals surface area contributed by atoms with Gasteiger partial charge in [0, 0.05) is 16.9 Å². The van der Waals surface area contributed by atoms with Crippen LogP contribution in [0.25, 0.3) is 0 Å². The Morgan fingerprint density at radius 1 is 0.757 bits per heavy atom. The molecule has 0 N–H and O–H groups in total. The molecule has 3 aliphatic carbocycles. The van der Waals surface area contributed by atoms with Gasteiger partial charge in [0.1, 0.15) is 0 Å². The summed E-state index contributed by atoms with van der Waals surface area (Å²) < 4.78 is 5.40. The van der Waals surface area contributed by atoms with Crippen molar-refractivity contribution < 1.29 is 28.7 Å². The van der Waals surface area contributed by atoms with E-state index in [2.05, 4.69) is 0 Å². The fourth-order valence-corrected chi connectivity index (χ4v) is 7.47. The lowest BCUT2D eigenvalue weighted by Gasteiger charge is -2.55. The molecule has 0 aromatic heterocycles. The van der Waals surface area contributed by atoms with Crippen LogP contribution < -0.4 is 9.80 Å². The summed E-state index contributed by atoms with van der Waals surface area (Å²) in [5.41, 5.74) is 0.259. The Morgan fingerprint density at radius 2 is 1.19 bits per heavy atom. The van der Waals surface area contributed by atoms with E-state index < -0.39 is 64.6 Å². The summed E-state index contributed by atoms with van der Waals surface area (Å²) in [6, 6.07) is 17.2. The maximum Gasteiger partial charge on any atom is 0.334 e. The van der Waals surface area contributed by atoms with Crippen molar-refractivity contribution in [2.45, 2.75) is 20.8 Å². The molecule has 2 heterocycles. The van der Waals surface area contributed by atoms with Gasteiger partial charge in [0.2, 0.25) is 23.6 Å². The van der Waals surface area contributed by atoms with E-state index in [1.165, 1.54) is 0 Å². The maximum atomic E-state index is 14.0. The third-order valence-corrected chi connectivity index (χ3v) is 8.71. The molecular weight excluding hydrogens is 472 g/mol. The highest BCUT2D eigenvalue weighted by molar-refractivity contribution is 6.27. The summed E-state index contributed by atoms with van der Waals surface area (Å²) in [6.45, 7) is 5.22. The lowest BCUT2D eigenvalue weighted by molar-refractivity contribution is -0.155. The van der Waals surface area contributed by atoms with Crippen LogP contribution in [-0.4, -0.2) is 36.2 Å². The molecule has 6 atom stereocenters. The second-order valence-electron chi connectivity index (χ2n) is 10.3. The standard InChI is InChI=1S/C29H26N2O6/c1-4-37-28(36)21-15(2)18-19-22(26(34)30(24(19)32)16-11-7-5-8-12-16)29(21,3)23-20(18)25(33)31(27(23)35)17-13-9-6-10-14-17/h5-14,18-20,22-23H,4H2,1-3H3/t18?,19-,20-,22-,23+,29?/m1/s1. The van der Waals surface area contributed by atoms with Crippen LogP contribution >= 0.6 is 0 Å². The minimum absolute atomic E-state index is 0.116. The lowest BCUT2D eigenvalue weighted by Crippen LogP contribution is -2.61. The number of nitrogens with zero attached hydrogens (tertiary/aromatic N) is 2. The molecule has 0 spiro atoms. The normalized spacial score (nSPS) is 32.2. The van der Waals surface area contributed by atoms with Crippen molar-refractivity contribution in [2.24, 2.45) is 35.0 Å². The van der Waals surface area contributed by atoms with Gasteiger partial charge < -0.3 is 4.74 Å². The van der Waals surface area contributed by atoms with E-state index in [1.807, 2.05) is 0 Å². The molecule has 2 aromatic rings. The van der Waals surface area contributed by atoms with E-state index >= 15 is 0 Å². The van der Waals surface area contributed by atoms with Crippen molar-refractivity contribution in [3.63, 3.8) is 0 Å². The summed E-state index contributed by atoms with van der Waals surface area (Å²) in [7, 11) is 0. The predicted molar refractivity (Wildman–Crippen MR) is 133 cm³/mol. The van der Waals surface area contributed by atoms with Crippen molar-refractivity contribution >= 4 is 41.0 Å². The molecule has 5 aliphatic rings. The number of hydrogen-bond acceptors (Lipinski definition) is 6. The van der Waals surface area contributed by atoms with Crippen molar-refractivity contribution in [3.05, 3.63) is 71.8 Å². The molecule has 188 valence electrons. The second kappa shape index (κ2) is 7.96. The summed E-state index contributed by atoms with van der Waals surface area (Å²) in [5.74, 6) is -6.76. The smallest absolute Gasteiger partial charge is 0.334 e. The summed E-state index contributed by atoms with van der Waals surface area (Å²) >= 11 is 0. The molecule has 4 amide bonds. The van der Waals surface area contributed by atoms with Crippen LogP contribution in [0.3, 0.4) is 0 Å². The van der Waals surface area contributed by atoms with Gasteiger partial charge in [-0.15, -0.1) is 0 Å². The number of carbonyl (C=O) groups excluding carboxylic acids is 5. The topological polar surface area (TPSA) is 101 Å². The molecule has 2 saturated heterocycles. The average Bonchev–Trinajstić information content (AvgIpc) is 3.31. The number of anilines is 2. The van der Waals surface area contributed by atoms with Crippen LogP contribution in [0.15, 0.2) is 71.8 Å². The quantitative estimate of drug-likeness (QED) is 0.474. The molecule has 7 rings (SSSR count). The number of benzene rings is 2. The molecule has 2 bridgehead atoms. The van der Waals surface area contributed by atoms with Gasteiger partial charge in [-0.1, -0.05) is 48.9 Å². The first-order chi connectivity index (χ1) is 17.7. The zero-order valence-electron chi connectivity index (χ0n) is 20.7. The molecule has 0 radical (unpaired) electrons. The van der Waals surface area contributed by atoms with Gasteiger partial charge in [-0.3, -0.25) is 29.0 Å². The number of amides is 4. The number of ether oxygens (including phenoxy) is 1. The zero-order chi connectivity index (χ0) is 26.2. The fourth-order valence-electron chi connectivity index (χ4n) is 7.47. The Bertz CT molecular complexity index is 1310. The highest BCUT2D eigenvalue weighted by atomic mass is 16.5. The zero-order valence-corrected chi connectivity index (χ0v) is 20.7. The molecule has 1 saturated carbocycles. The monoisotopic (exact) mass is 498 g/mol. The number of carbonyl (C=O) groups is 5. The van der Waals surface area contributed by atoms with Gasteiger partial charge in [0.15, 0.2) is 0 Å². The molecular formula is C29H26N2O6. The first-order valence-electron chi connectivity index (χ1n) is 12.5. The van der Waals surface area contributed by atoms with E-state index in [0.717, 1.165) is 9.80 Å². The van der Waals surface area contributed by atoms with Crippen LogP contribution in [0, 0.1) is 35.0 Å². The number of rotatable bonds is 4. The maximum absolute atomic E-state index is 14.0. The van der Waals surface area contributed by atoms with E-state index in [-0.39, 0.29) is 12.2 Å². The first kappa shape index (κ1) is 23.3. The van der Waals surface area contributed by atoms with Gasteiger partial charge in [0.25, 0.3) is 0 Å². The van der Waals surface area contributed by atoms with E-state index in [4.69, 9.17) is 4.74 Å². The van der Waals surface area contributed by atoms with E-state index in [0.29, 0.717) is 16.9 Å². The summed E-state index contributed by atoms with van der Waals surface area (Å²) in [5, 5.41) is 0. The number of allylic oxidation sites excluding steroid dienone is 1. The molecule has 8 nitrogen and oxygen atoms in total. The lowest BCUT2D eigenvalue weighted by atomic mass is 9.43. The number of esters is 1. The molecule has 2 aliphatic heterocycles. The Hall–Kier alpha value is -4.07. The molecule has 2 unspecified atom stereocenters. The second-order valence-corrected chi connectivity index (χ2v) is 10.3. The Morgan fingerprint density at radius 3 is 1.59 bits per heavy atom. The third-order valence-electron chi connectivity index (χ3n) is 8.71. The van der Waals surface area contributed by atoms with Crippen LogP contribution in [0.1, 0.15) is 20.8 Å². The SMILES string of the molecule is CCOC(=O)C1=C(C)C2[C@H]3C(=O)N(c4ccccc4)C(=O)[C@H]3C1(C)[C@H]1C(=O)N(c3ccccc3)C(=O)[C@H]21. The van der Waals surface area contributed by atoms with Crippen molar-refractivity contribution in [1.82, 2.24) is 0 Å². The van der Waals surface area contributed by atoms with Crippen LogP contribution in [-0.2, 0) is 28.7 Å². The van der Waals surface area contributed by atoms with Crippen molar-refractivity contribution in [1.29, 1.82) is 0 Å². The Balaban J connectivity index is 1.56. The van der Waals surface area contributed by atoms with Gasteiger partial charge in [-0.05, 0) is 38.1 Å². The predicted octanol–water partition coefficient (Wildman–Crippen LogP) is 3.13. The average molecular weight is 499 g/mol. The largest absolute Gasteiger partial charge is 0.463 e. The minimum atomic E-state index is -1.40. The number of imide groups is 2. The van der Waals surface area contributed by atoms with Gasteiger partial charge in [0.05, 0.1) is 41.7 Å². The van der Waals surface area contributed by atoms with Gasteiger partial charge >= 0.3 is 5.97 Å². The third kappa shape index (κ3) is 2.81.